The maximum Gasteiger partial charge on any atom is 0.257 e. The highest BCUT2D eigenvalue weighted by Gasteiger charge is 2.21. The monoisotopic (exact) mass is 383 g/mol. The number of halogens is 1. The van der Waals surface area contributed by atoms with Crippen LogP contribution in [0, 0.1) is 18.7 Å². The van der Waals surface area contributed by atoms with Crippen molar-refractivity contribution in [2.75, 3.05) is 13.1 Å². The lowest BCUT2D eigenvalue weighted by molar-refractivity contribution is 0.171. The summed E-state index contributed by atoms with van der Waals surface area (Å²) in [6, 6.07) is 6.12. The van der Waals surface area contributed by atoms with Crippen molar-refractivity contribution < 1.29 is 8.91 Å². The molecule has 1 fully saturated rings. The van der Waals surface area contributed by atoms with Crippen molar-refractivity contribution in [3.63, 3.8) is 0 Å². The molecule has 0 bridgehead atoms. The average Bonchev–Trinajstić information content (AvgIpc) is 3.30. The zero-order valence-corrected chi connectivity index (χ0v) is 16.4. The van der Waals surface area contributed by atoms with E-state index in [0.717, 1.165) is 43.9 Å². The van der Waals surface area contributed by atoms with Crippen LogP contribution in [0.5, 0.6) is 0 Å². The molecule has 1 aliphatic rings. The van der Waals surface area contributed by atoms with Gasteiger partial charge in [-0.1, -0.05) is 5.16 Å². The normalized spacial score (nSPS) is 16.0. The third-order valence-electron chi connectivity index (χ3n) is 5.77. The summed E-state index contributed by atoms with van der Waals surface area (Å²) in [5.74, 6) is 1.61. The fourth-order valence-corrected chi connectivity index (χ4v) is 3.77. The van der Waals surface area contributed by atoms with Gasteiger partial charge in [0.1, 0.15) is 5.82 Å². The van der Waals surface area contributed by atoms with Crippen molar-refractivity contribution in [2.45, 2.75) is 39.2 Å². The van der Waals surface area contributed by atoms with E-state index in [0.29, 0.717) is 11.8 Å². The maximum atomic E-state index is 13.0. The van der Waals surface area contributed by atoms with Crippen LogP contribution in [0.4, 0.5) is 4.39 Å². The number of benzene rings is 1. The second-order valence-electron chi connectivity index (χ2n) is 7.66. The van der Waals surface area contributed by atoms with Gasteiger partial charge in [0, 0.05) is 36.8 Å². The third-order valence-corrected chi connectivity index (χ3v) is 5.77. The maximum absolute atomic E-state index is 13.0. The molecule has 0 amide bonds. The summed E-state index contributed by atoms with van der Waals surface area (Å²) < 4.78 is 20.3. The summed E-state index contributed by atoms with van der Waals surface area (Å²) >= 11 is 0. The molecule has 0 radical (unpaired) electrons. The van der Waals surface area contributed by atoms with Gasteiger partial charge in [-0.05, 0) is 69.5 Å². The Morgan fingerprint density at radius 1 is 1.18 bits per heavy atom. The van der Waals surface area contributed by atoms with Gasteiger partial charge >= 0.3 is 0 Å². The van der Waals surface area contributed by atoms with E-state index in [1.54, 1.807) is 12.1 Å². The molecule has 1 aromatic carbocycles. The van der Waals surface area contributed by atoms with Crippen LogP contribution in [0.3, 0.4) is 0 Å². The number of rotatable bonds is 6. The molecular weight excluding hydrogens is 357 g/mol. The Balaban J connectivity index is 1.24. The number of aryl methyl sites for hydroxylation is 2. The molecule has 3 aromatic rings. The first-order valence-electron chi connectivity index (χ1n) is 9.87. The first-order valence-corrected chi connectivity index (χ1v) is 9.87. The lowest BCUT2D eigenvalue weighted by atomic mass is 9.92. The van der Waals surface area contributed by atoms with Gasteiger partial charge in [0.2, 0.25) is 0 Å². The predicted octanol–water partition coefficient (Wildman–Crippen LogP) is 3.76. The highest BCUT2D eigenvalue weighted by molar-refractivity contribution is 5.52. The SMILES string of the molecule is Cc1c(CN2CCC(CCc3noc(-c4ccc(F)cc4)n3)CC2)cnn1C. The van der Waals surface area contributed by atoms with E-state index in [4.69, 9.17) is 4.52 Å². The van der Waals surface area contributed by atoms with Gasteiger partial charge in [-0.25, -0.2) is 4.39 Å². The van der Waals surface area contributed by atoms with E-state index in [2.05, 4.69) is 27.1 Å². The molecule has 0 aliphatic carbocycles. The van der Waals surface area contributed by atoms with Crippen LogP contribution in [0.2, 0.25) is 0 Å². The van der Waals surface area contributed by atoms with Crippen molar-refractivity contribution in [1.29, 1.82) is 0 Å². The molecular formula is C21H26FN5O. The van der Waals surface area contributed by atoms with Crippen molar-refractivity contribution in [3.8, 4) is 11.5 Å². The van der Waals surface area contributed by atoms with E-state index in [1.807, 2.05) is 17.9 Å². The second-order valence-corrected chi connectivity index (χ2v) is 7.66. The summed E-state index contributed by atoms with van der Waals surface area (Å²) in [7, 11) is 1.99. The first-order chi connectivity index (χ1) is 13.6. The van der Waals surface area contributed by atoms with Gasteiger partial charge in [0.25, 0.3) is 5.89 Å². The van der Waals surface area contributed by atoms with Crippen LogP contribution < -0.4 is 0 Å². The van der Waals surface area contributed by atoms with Crippen LogP contribution in [-0.4, -0.2) is 37.9 Å². The van der Waals surface area contributed by atoms with E-state index < -0.39 is 0 Å². The van der Waals surface area contributed by atoms with Crippen molar-refractivity contribution in [1.82, 2.24) is 24.8 Å². The van der Waals surface area contributed by atoms with Crippen LogP contribution in [0.25, 0.3) is 11.5 Å². The lowest BCUT2D eigenvalue weighted by Crippen LogP contribution is -2.33. The second kappa shape index (κ2) is 8.22. The Morgan fingerprint density at radius 3 is 2.61 bits per heavy atom. The topological polar surface area (TPSA) is 60.0 Å². The number of piperidine rings is 1. The standard InChI is InChI=1S/C21H26FN5O/c1-15-18(13-23-26(15)2)14-27-11-9-16(10-12-27)3-8-20-24-21(28-25-20)17-4-6-19(22)7-5-17/h4-7,13,16H,3,8-12,14H2,1-2H3. The van der Waals surface area contributed by atoms with Crippen molar-refractivity contribution in [3.05, 3.63) is 53.4 Å². The van der Waals surface area contributed by atoms with Gasteiger partial charge in [-0.3, -0.25) is 9.58 Å². The Bertz CT molecular complexity index is 909. The Kier molecular flexibility index (Phi) is 5.52. The molecule has 3 heterocycles. The van der Waals surface area contributed by atoms with Crippen LogP contribution in [0.1, 0.15) is 36.3 Å². The van der Waals surface area contributed by atoms with E-state index >= 15 is 0 Å². The highest BCUT2D eigenvalue weighted by atomic mass is 19.1. The molecule has 0 N–H and O–H groups in total. The molecule has 6 nitrogen and oxygen atoms in total. The van der Waals surface area contributed by atoms with E-state index in [1.165, 1.54) is 36.2 Å². The summed E-state index contributed by atoms with van der Waals surface area (Å²) in [5, 5.41) is 8.42. The Labute approximate surface area is 164 Å². The quantitative estimate of drug-likeness (QED) is 0.649. The van der Waals surface area contributed by atoms with Crippen LogP contribution >= 0.6 is 0 Å². The minimum Gasteiger partial charge on any atom is -0.334 e. The zero-order valence-electron chi connectivity index (χ0n) is 16.4. The first kappa shape index (κ1) is 18.8. The molecule has 0 saturated carbocycles. The molecule has 2 aromatic heterocycles. The molecule has 28 heavy (non-hydrogen) atoms. The summed E-state index contributed by atoms with van der Waals surface area (Å²) in [6.07, 6.45) is 6.26. The molecule has 1 saturated heterocycles. The van der Waals surface area contributed by atoms with Crippen LogP contribution in [0.15, 0.2) is 35.0 Å². The van der Waals surface area contributed by atoms with Gasteiger partial charge < -0.3 is 4.52 Å². The third kappa shape index (κ3) is 4.30. The number of hydrogen-bond donors (Lipinski definition) is 0. The number of hydrogen-bond acceptors (Lipinski definition) is 5. The largest absolute Gasteiger partial charge is 0.334 e. The van der Waals surface area contributed by atoms with Gasteiger partial charge in [-0.2, -0.15) is 10.1 Å². The average molecular weight is 383 g/mol. The summed E-state index contributed by atoms with van der Waals surface area (Å²) in [5.41, 5.74) is 3.32. The molecule has 4 rings (SSSR count). The van der Waals surface area contributed by atoms with Gasteiger partial charge in [0.05, 0.1) is 6.20 Å². The Morgan fingerprint density at radius 2 is 1.93 bits per heavy atom. The lowest BCUT2D eigenvalue weighted by Gasteiger charge is -2.31. The fraction of sp³-hybridized carbons (Fsp3) is 0.476. The Hall–Kier alpha value is -2.54. The smallest absolute Gasteiger partial charge is 0.257 e. The number of nitrogens with zero attached hydrogens (tertiary/aromatic N) is 5. The van der Waals surface area contributed by atoms with Gasteiger partial charge in [0.15, 0.2) is 5.82 Å². The molecule has 0 unspecified atom stereocenters. The molecule has 1 aliphatic heterocycles. The van der Waals surface area contributed by atoms with E-state index in [-0.39, 0.29) is 5.82 Å². The molecule has 148 valence electrons. The summed E-state index contributed by atoms with van der Waals surface area (Å²) in [6.45, 7) is 5.34. The minimum atomic E-state index is -0.270. The van der Waals surface area contributed by atoms with Gasteiger partial charge in [-0.15, -0.1) is 0 Å². The predicted molar refractivity (Wildman–Crippen MR) is 104 cm³/mol. The minimum absolute atomic E-state index is 0.270. The van der Waals surface area contributed by atoms with Crippen LogP contribution in [-0.2, 0) is 20.0 Å². The highest BCUT2D eigenvalue weighted by Crippen LogP contribution is 2.24. The van der Waals surface area contributed by atoms with Crippen molar-refractivity contribution in [2.24, 2.45) is 13.0 Å². The molecule has 0 spiro atoms. The summed E-state index contributed by atoms with van der Waals surface area (Å²) in [4.78, 5) is 6.97. The number of likely N-dealkylation sites (tertiary alicyclic amines) is 1. The fourth-order valence-electron chi connectivity index (χ4n) is 3.77. The number of aromatic nitrogens is 4. The molecule has 0 atom stereocenters. The van der Waals surface area contributed by atoms with Crippen molar-refractivity contribution >= 4 is 0 Å². The zero-order chi connectivity index (χ0) is 19.5. The van der Waals surface area contributed by atoms with E-state index in [9.17, 15) is 4.39 Å². The molecule has 7 heteroatoms.